The number of benzene rings is 1. The van der Waals surface area contributed by atoms with E-state index in [2.05, 4.69) is 13.8 Å². The third-order valence-corrected chi connectivity index (χ3v) is 4.99. The van der Waals surface area contributed by atoms with Gasteiger partial charge in [-0.1, -0.05) is 13.8 Å². The number of rotatable bonds is 4. The maximum atomic E-state index is 10.7. The Kier molecular flexibility index (Phi) is 4.11. The van der Waals surface area contributed by atoms with Gasteiger partial charge >= 0.3 is 0 Å². The molecule has 1 aromatic carbocycles. The predicted molar refractivity (Wildman–Crippen MR) is 91.1 cm³/mol. The number of methoxy groups -OCH3 is 2. The smallest absolute Gasteiger partial charge is 0.161 e. The summed E-state index contributed by atoms with van der Waals surface area (Å²) in [4.78, 5) is 1.95. The lowest BCUT2D eigenvalue weighted by atomic mass is 9.79. The molecular weight excluding hydrogens is 290 g/mol. The molecule has 0 bridgehead atoms. The number of piperidine rings is 1. The van der Waals surface area contributed by atoms with Gasteiger partial charge in [-0.2, -0.15) is 0 Å². The zero-order chi connectivity index (χ0) is 18.4. The number of aliphatic hydroxyl groups excluding tert-OH is 1. The Morgan fingerprint density at radius 1 is 1.30 bits per heavy atom. The average molecular weight is 321 g/mol. The molecule has 0 aliphatic carbocycles. The monoisotopic (exact) mass is 321 g/mol. The van der Waals surface area contributed by atoms with E-state index in [1.165, 1.54) is 0 Å². The molecule has 23 heavy (non-hydrogen) atoms. The summed E-state index contributed by atoms with van der Waals surface area (Å²) in [6.07, 6.45) is 1.38. The molecule has 0 radical (unpaired) electrons. The fraction of sp³-hybridized carbons (Fsp3) is 0.684. The van der Waals surface area contributed by atoms with Gasteiger partial charge in [0.25, 0.3) is 0 Å². The Labute approximate surface area is 142 Å². The molecule has 4 nitrogen and oxygen atoms in total. The van der Waals surface area contributed by atoms with E-state index in [4.69, 9.17) is 12.2 Å². The lowest BCUT2D eigenvalue weighted by Gasteiger charge is -2.46. The topological polar surface area (TPSA) is 41.9 Å². The van der Waals surface area contributed by atoms with Crippen LogP contribution in [0.25, 0.3) is 0 Å². The van der Waals surface area contributed by atoms with Crippen LogP contribution in [0.4, 0.5) is 0 Å². The molecule has 3 unspecified atom stereocenters. The first-order valence-electron chi connectivity index (χ1n) is 9.49. The fourth-order valence-electron chi connectivity index (χ4n) is 3.85. The van der Waals surface area contributed by atoms with Crippen molar-refractivity contribution >= 4 is 0 Å². The van der Waals surface area contributed by atoms with Crippen LogP contribution < -0.4 is 9.47 Å². The molecule has 3 atom stereocenters. The standard InChI is InChI=1S/C19H29NO3/c1-12(2)7-14-11-20-6-5-13-8-18(22-3)19(23-4)9-15(13)16(20)10-17(14)21/h8-9,12,14,16-17,21H,5-7,10-11H2,1-4H3/i11D2. The summed E-state index contributed by atoms with van der Waals surface area (Å²) >= 11 is 0. The van der Waals surface area contributed by atoms with Crippen molar-refractivity contribution < 1.29 is 17.3 Å². The van der Waals surface area contributed by atoms with E-state index >= 15 is 0 Å². The summed E-state index contributed by atoms with van der Waals surface area (Å²) in [6, 6.07) is 3.82. The molecular formula is C19H29NO3. The molecule has 0 saturated carbocycles. The quantitative estimate of drug-likeness (QED) is 0.925. The highest BCUT2D eigenvalue weighted by Gasteiger charge is 2.38. The van der Waals surface area contributed by atoms with E-state index in [0.29, 0.717) is 36.8 Å². The van der Waals surface area contributed by atoms with Crippen molar-refractivity contribution in [2.75, 3.05) is 27.3 Å². The molecule has 2 aliphatic rings. The van der Waals surface area contributed by atoms with E-state index in [0.717, 1.165) is 17.5 Å². The second kappa shape index (κ2) is 6.70. The molecule has 0 spiro atoms. The number of fused-ring (bicyclic) bond motifs is 3. The Bertz CT molecular complexity index is 635. The van der Waals surface area contributed by atoms with Crippen molar-refractivity contribution in [2.45, 2.75) is 45.3 Å². The molecule has 2 heterocycles. The first kappa shape index (κ1) is 14.1. The van der Waals surface area contributed by atoms with Gasteiger partial charge in [0.05, 0.1) is 20.3 Å². The van der Waals surface area contributed by atoms with Gasteiger partial charge in [0.2, 0.25) is 0 Å². The van der Waals surface area contributed by atoms with E-state index < -0.39 is 12.6 Å². The summed E-state index contributed by atoms with van der Waals surface area (Å²) in [7, 11) is 3.23. The lowest BCUT2D eigenvalue weighted by molar-refractivity contribution is -0.0191. The van der Waals surface area contributed by atoms with Gasteiger partial charge in [0.15, 0.2) is 11.5 Å². The van der Waals surface area contributed by atoms with Crippen LogP contribution in [0.1, 0.15) is 46.6 Å². The zero-order valence-corrected chi connectivity index (χ0v) is 14.5. The van der Waals surface area contributed by atoms with Crippen LogP contribution in [0.3, 0.4) is 0 Å². The summed E-state index contributed by atoms with van der Waals surface area (Å²) in [6.45, 7) is 3.30. The van der Waals surface area contributed by atoms with Gasteiger partial charge in [-0.05, 0) is 54.4 Å². The van der Waals surface area contributed by atoms with Gasteiger partial charge in [0, 0.05) is 21.8 Å². The van der Waals surface area contributed by atoms with Crippen LogP contribution in [-0.4, -0.2) is 43.4 Å². The van der Waals surface area contributed by atoms with Crippen molar-refractivity contribution in [2.24, 2.45) is 11.8 Å². The second-order valence-electron chi connectivity index (χ2n) is 7.03. The third kappa shape index (κ3) is 3.20. The first-order chi connectivity index (χ1) is 11.8. The van der Waals surface area contributed by atoms with Crippen LogP contribution in [0, 0.1) is 11.8 Å². The van der Waals surface area contributed by atoms with Crippen molar-refractivity contribution in [1.29, 1.82) is 0 Å². The van der Waals surface area contributed by atoms with E-state index in [1.54, 1.807) is 14.2 Å². The highest BCUT2D eigenvalue weighted by Crippen LogP contribution is 2.43. The van der Waals surface area contributed by atoms with Crippen molar-refractivity contribution in [3.63, 3.8) is 0 Å². The molecule has 4 heteroatoms. The first-order valence-corrected chi connectivity index (χ1v) is 8.49. The third-order valence-electron chi connectivity index (χ3n) is 4.99. The second-order valence-corrected chi connectivity index (χ2v) is 7.03. The number of hydrogen-bond acceptors (Lipinski definition) is 4. The summed E-state index contributed by atoms with van der Waals surface area (Å²) in [5.74, 6) is 1.35. The van der Waals surface area contributed by atoms with Gasteiger partial charge in [-0.15, -0.1) is 0 Å². The number of aliphatic hydroxyl groups is 1. The van der Waals surface area contributed by atoms with Gasteiger partial charge in [0.1, 0.15) is 0 Å². The molecule has 1 aromatic rings. The summed E-state index contributed by atoms with van der Waals surface area (Å²) < 4.78 is 28.3. The summed E-state index contributed by atoms with van der Waals surface area (Å²) in [5.41, 5.74) is 2.21. The van der Waals surface area contributed by atoms with Crippen LogP contribution in [0.2, 0.25) is 0 Å². The fourth-order valence-corrected chi connectivity index (χ4v) is 3.85. The van der Waals surface area contributed by atoms with Crippen LogP contribution in [0.15, 0.2) is 12.1 Å². The predicted octanol–water partition coefficient (Wildman–Crippen LogP) is 3.03. The molecule has 128 valence electrons. The maximum Gasteiger partial charge on any atom is 0.161 e. The van der Waals surface area contributed by atoms with Crippen LogP contribution >= 0.6 is 0 Å². The highest BCUT2D eigenvalue weighted by molar-refractivity contribution is 5.49. The van der Waals surface area contributed by atoms with Crippen molar-refractivity contribution in [3.8, 4) is 11.5 Å². The minimum absolute atomic E-state index is 0.128. The summed E-state index contributed by atoms with van der Waals surface area (Å²) in [5, 5.41) is 10.7. The molecule has 3 rings (SSSR count). The van der Waals surface area contributed by atoms with E-state index in [-0.39, 0.29) is 12.0 Å². The highest BCUT2D eigenvalue weighted by atomic mass is 16.5. The number of ether oxygens (including phenoxy) is 2. The number of nitrogens with zero attached hydrogens (tertiary/aromatic N) is 1. The molecule has 1 fully saturated rings. The Balaban J connectivity index is 1.99. The van der Waals surface area contributed by atoms with Crippen molar-refractivity contribution in [1.82, 2.24) is 4.90 Å². The number of hydrogen-bond donors (Lipinski definition) is 1. The maximum absolute atomic E-state index is 10.7. The Morgan fingerprint density at radius 2 is 2.00 bits per heavy atom. The van der Waals surface area contributed by atoms with Gasteiger partial charge < -0.3 is 14.6 Å². The van der Waals surface area contributed by atoms with Gasteiger partial charge in [-0.25, -0.2) is 0 Å². The van der Waals surface area contributed by atoms with E-state index in [1.807, 2.05) is 17.0 Å². The molecule has 0 aromatic heterocycles. The largest absolute Gasteiger partial charge is 0.493 e. The lowest BCUT2D eigenvalue weighted by Crippen LogP contribution is -2.48. The molecule has 1 saturated heterocycles. The SMILES string of the molecule is [2H]C1([2H])C(CC(C)C)C(O)CC2c3cc(OC)c(OC)cc3CCN21. The van der Waals surface area contributed by atoms with Crippen molar-refractivity contribution in [3.05, 3.63) is 23.3 Å². The van der Waals surface area contributed by atoms with Crippen LogP contribution in [-0.2, 0) is 6.42 Å². The average Bonchev–Trinajstić information content (AvgIpc) is 2.57. The minimum atomic E-state index is -1.52. The normalized spacial score (nSPS) is 31.0. The Hall–Kier alpha value is -1.26. The van der Waals surface area contributed by atoms with E-state index in [9.17, 15) is 5.11 Å². The van der Waals surface area contributed by atoms with Gasteiger partial charge in [-0.3, -0.25) is 4.90 Å². The van der Waals surface area contributed by atoms with Crippen LogP contribution in [0.5, 0.6) is 11.5 Å². The zero-order valence-electron chi connectivity index (χ0n) is 16.5. The minimum Gasteiger partial charge on any atom is -0.493 e. The Morgan fingerprint density at radius 3 is 2.65 bits per heavy atom. The molecule has 2 aliphatic heterocycles. The molecule has 0 amide bonds. The molecule has 1 N–H and O–H groups in total.